The first-order valence-corrected chi connectivity index (χ1v) is 7.25. The Morgan fingerprint density at radius 1 is 0.955 bits per heavy atom. The fraction of sp³-hybridized carbons (Fsp3) is 0.111. The fourth-order valence-corrected chi connectivity index (χ4v) is 2.35. The lowest BCUT2D eigenvalue weighted by molar-refractivity contribution is 0.252. The number of hydrogen-bond acceptors (Lipinski definition) is 2. The van der Waals surface area contributed by atoms with Crippen molar-refractivity contribution in [1.82, 2.24) is 10.3 Å². The number of anilines is 1. The van der Waals surface area contributed by atoms with Gasteiger partial charge in [0.25, 0.3) is 0 Å². The zero-order chi connectivity index (χ0) is 15.2. The van der Waals surface area contributed by atoms with E-state index in [9.17, 15) is 4.79 Å². The number of carbonyl (C=O) groups is 1. The molecule has 110 valence electrons. The lowest BCUT2D eigenvalue weighted by Crippen LogP contribution is -2.30. The highest BCUT2D eigenvalue weighted by Crippen LogP contribution is 2.22. The molecular weight excluding hydrogens is 274 g/mol. The molecular formula is C18H17N3O. The average molecular weight is 291 g/mol. The van der Waals surface area contributed by atoms with Gasteiger partial charge in [-0.25, -0.2) is 4.79 Å². The van der Waals surface area contributed by atoms with E-state index in [2.05, 4.69) is 15.6 Å². The van der Waals surface area contributed by atoms with Gasteiger partial charge in [0.2, 0.25) is 0 Å². The first-order chi connectivity index (χ1) is 10.8. The molecule has 0 atom stereocenters. The number of fused-ring (bicyclic) bond motifs is 1. The molecule has 1 aromatic heterocycles. The first-order valence-electron chi connectivity index (χ1n) is 7.25. The summed E-state index contributed by atoms with van der Waals surface area (Å²) in [6.45, 7) is 0.549. The summed E-state index contributed by atoms with van der Waals surface area (Å²) in [7, 11) is 0. The largest absolute Gasteiger partial charge is 0.337 e. The third-order valence-electron chi connectivity index (χ3n) is 3.43. The Balaban J connectivity index is 1.59. The Morgan fingerprint density at radius 3 is 2.64 bits per heavy atom. The van der Waals surface area contributed by atoms with Crippen molar-refractivity contribution in [2.24, 2.45) is 0 Å². The van der Waals surface area contributed by atoms with Crippen molar-refractivity contribution in [2.75, 3.05) is 11.9 Å². The van der Waals surface area contributed by atoms with Crippen LogP contribution in [0.25, 0.3) is 10.8 Å². The van der Waals surface area contributed by atoms with Crippen molar-refractivity contribution in [3.8, 4) is 0 Å². The van der Waals surface area contributed by atoms with E-state index in [0.29, 0.717) is 13.0 Å². The maximum Gasteiger partial charge on any atom is 0.319 e. The molecule has 3 aromatic rings. The second-order valence-electron chi connectivity index (χ2n) is 4.98. The normalized spacial score (nSPS) is 10.4. The zero-order valence-electron chi connectivity index (χ0n) is 12.1. The van der Waals surface area contributed by atoms with Crippen LogP contribution in [0.1, 0.15) is 5.69 Å². The van der Waals surface area contributed by atoms with Crippen molar-refractivity contribution < 1.29 is 4.79 Å². The van der Waals surface area contributed by atoms with E-state index in [0.717, 1.165) is 22.2 Å². The van der Waals surface area contributed by atoms with Crippen molar-refractivity contribution in [3.63, 3.8) is 0 Å². The quantitative estimate of drug-likeness (QED) is 0.771. The molecule has 2 aromatic carbocycles. The Labute approximate surface area is 129 Å². The summed E-state index contributed by atoms with van der Waals surface area (Å²) in [5.74, 6) is 0. The van der Waals surface area contributed by atoms with E-state index in [1.54, 1.807) is 6.20 Å². The molecule has 0 aliphatic carbocycles. The van der Waals surface area contributed by atoms with Crippen LogP contribution in [0, 0.1) is 0 Å². The van der Waals surface area contributed by atoms with Crippen molar-refractivity contribution in [3.05, 3.63) is 72.6 Å². The predicted octanol–water partition coefficient (Wildman–Crippen LogP) is 3.60. The van der Waals surface area contributed by atoms with Crippen LogP contribution in [0.5, 0.6) is 0 Å². The molecule has 4 nitrogen and oxygen atoms in total. The maximum atomic E-state index is 12.0. The number of carbonyl (C=O) groups excluding carboxylic acids is 1. The van der Waals surface area contributed by atoms with Gasteiger partial charge in [0.05, 0.1) is 5.69 Å². The standard InChI is InChI=1S/C18H17N3O/c22-18(20-13-11-15-8-3-4-12-19-15)21-17-10-5-7-14-6-1-2-9-16(14)17/h1-10,12H,11,13H2,(H2,20,21,22). The van der Waals surface area contributed by atoms with E-state index in [-0.39, 0.29) is 6.03 Å². The molecule has 4 heteroatoms. The molecule has 0 saturated heterocycles. The van der Waals surface area contributed by atoms with Gasteiger partial charge < -0.3 is 10.6 Å². The lowest BCUT2D eigenvalue weighted by Gasteiger charge is -2.10. The van der Waals surface area contributed by atoms with Crippen LogP contribution in [0.15, 0.2) is 66.9 Å². The summed E-state index contributed by atoms with van der Waals surface area (Å²) >= 11 is 0. The number of benzene rings is 2. The number of pyridine rings is 1. The second-order valence-corrected chi connectivity index (χ2v) is 4.98. The minimum Gasteiger partial charge on any atom is -0.337 e. The van der Waals surface area contributed by atoms with Crippen LogP contribution < -0.4 is 10.6 Å². The molecule has 0 bridgehead atoms. The minimum absolute atomic E-state index is 0.202. The summed E-state index contributed by atoms with van der Waals surface area (Å²) < 4.78 is 0. The van der Waals surface area contributed by atoms with Gasteiger partial charge in [-0.2, -0.15) is 0 Å². The number of rotatable bonds is 4. The van der Waals surface area contributed by atoms with Crippen molar-refractivity contribution in [2.45, 2.75) is 6.42 Å². The van der Waals surface area contributed by atoms with Gasteiger partial charge in [-0.05, 0) is 23.6 Å². The van der Waals surface area contributed by atoms with Gasteiger partial charge >= 0.3 is 6.03 Å². The highest BCUT2D eigenvalue weighted by molar-refractivity contribution is 6.01. The molecule has 2 amide bonds. The van der Waals surface area contributed by atoms with Crippen LogP contribution in [-0.2, 0) is 6.42 Å². The lowest BCUT2D eigenvalue weighted by atomic mass is 10.1. The minimum atomic E-state index is -0.202. The number of amides is 2. The van der Waals surface area contributed by atoms with Crippen LogP contribution in [0.4, 0.5) is 10.5 Å². The molecule has 2 N–H and O–H groups in total. The molecule has 1 heterocycles. The summed E-state index contributed by atoms with van der Waals surface area (Å²) in [4.78, 5) is 16.2. The summed E-state index contributed by atoms with van der Waals surface area (Å²) in [6.07, 6.45) is 2.47. The van der Waals surface area contributed by atoms with Crippen molar-refractivity contribution >= 4 is 22.5 Å². The fourth-order valence-electron chi connectivity index (χ4n) is 2.35. The highest BCUT2D eigenvalue weighted by atomic mass is 16.2. The molecule has 0 aliphatic rings. The molecule has 0 radical (unpaired) electrons. The molecule has 0 aliphatic heterocycles. The Hall–Kier alpha value is -2.88. The van der Waals surface area contributed by atoms with E-state index >= 15 is 0 Å². The molecule has 0 fully saturated rings. The SMILES string of the molecule is O=C(NCCc1ccccn1)Nc1cccc2ccccc12. The number of hydrogen-bond donors (Lipinski definition) is 2. The van der Waals surface area contributed by atoms with Crippen molar-refractivity contribution in [1.29, 1.82) is 0 Å². The van der Waals surface area contributed by atoms with Gasteiger partial charge in [0.1, 0.15) is 0 Å². The third-order valence-corrected chi connectivity index (χ3v) is 3.43. The van der Waals surface area contributed by atoms with Gasteiger partial charge in [-0.3, -0.25) is 4.98 Å². The Kier molecular flexibility index (Phi) is 4.30. The maximum absolute atomic E-state index is 12.0. The van der Waals surface area contributed by atoms with E-state index < -0.39 is 0 Å². The highest BCUT2D eigenvalue weighted by Gasteiger charge is 2.04. The Morgan fingerprint density at radius 2 is 1.77 bits per heavy atom. The van der Waals surface area contributed by atoms with E-state index in [4.69, 9.17) is 0 Å². The molecule has 0 unspecified atom stereocenters. The molecule has 22 heavy (non-hydrogen) atoms. The average Bonchev–Trinajstić information content (AvgIpc) is 2.56. The van der Waals surface area contributed by atoms with Gasteiger partial charge in [0, 0.05) is 30.2 Å². The van der Waals surface area contributed by atoms with Crippen LogP contribution in [0.2, 0.25) is 0 Å². The van der Waals surface area contributed by atoms with Gasteiger partial charge in [0.15, 0.2) is 0 Å². The number of urea groups is 1. The molecule has 3 rings (SSSR count). The van der Waals surface area contributed by atoms with E-state index in [1.807, 2.05) is 60.7 Å². The van der Waals surface area contributed by atoms with Crippen LogP contribution >= 0.6 is 0 Å². The third kappa shape index (κ3) is 3.41. The van der Waals surface area contributed by atoms with Gasteiger partial charge in [-0.15, -0.1) is 0 Å². The zero-order valence-corrected chi connectivity index (χ0v) is 12.1. The van der Waals surface area contributed by atoms with Crippen LogP contribution in [0.3, 0.4) is 0 Å². The summed E-state index contributed by atoms with van der Waals surface area (Å²) in [5.41, 5.74) is 1.78. The number of aromatic nitrogens is 1. The number of nitrogens with zero attached hydrogens (tertiary/aromatic N) is 1. The predicted molar refractivity (Wildman–Crippen MR) is 88.9 cm³/mol. The summed E-state index contributed by atoms with van der Waals surface area (Å²) in [5, 5.41) is 7.89. The molecule has 0 saturated carbocycles. The topological polar surface area (TPSA) is 54.0 Å². The van der Waals surface area contributed by atoms with Crippen LogP contribution in [-0.4, -0.2) is 17.6 Å². The first kappa shape index (κ1) is 14.1. The number of nitrogens with one attached hydrogen (secondary N) is 2. The Bertz CT molecular complexity index is 766. The second kappa shape index (κ2) is 6.72. The monoisotopic (exact) mass is 291 g/mol. The van der Waals surface area contributed by atoms with E-state index in [1.165, 1.54) is 0 Å². The summed E-state index contributed by atoms with van der Waals surface area (Å²) in [6, 6.07) is 19.4. The van der Waals surface area contributed by atoms with Gasteiger partial charge in [-0.1, -0.05) is 42.5 Å². The smallest absolute Gasteiger partial charge is 0.319 e. The molecule has 0 spiro atoms.